The summed E-state index contributed by atoms with van der Waals surface area (Å²) in [5, 5.41) is 6.71. The fourth-order valence-electron chi connectivity index (χ4n) is 1.27. The Bertz CT molecular complexity index is 335. The van der Waals surface area contributed by atoms with Crippen molar-refractivity contribution in [3.63, 3.8) is 0 Å². The fourth-order valence-corrected chi connectivity index (χ4v) is 2.02. The zero-order valence-electron chi connectivity index (χ0n) is 9.39. The van der Waals surface area contributed by atoms with Gasteiger partial charge in [0.25, 0.3) is 5.91 Å². The van der Waals surface area contributed by atoms with Gasteiger partial charge in [0.2, 0.25) is 0 Å². The summed E-state index contributed by atoms with van der Waals surface area (Å²) in [6, 6.07) is 0. The minimum absolute atomic E-state index is 0.0287. The fraction of sp³-hybridized carbons (Fsp3) is 0.600. The molecule has 0 aliphatic carbocycles. The number of nitrogens with zero attached hydrogens (tertiary/aromatic N) is 1. The Morgan fingerprint density at radius 2 is 2.27 bits per heavy atom. The number of rotatable bonds is 5. The first-order valence-electron chi connectivity index (χ1n) is 5.13. The third-order valence-corrected chi connectivity index (χ3v) is 3.09. The highest BCUT2D eigenvalue weighted by molar-refractivity contribution is 7.10. The van der Waals surface area contributed by atoms with Gasteiger partial charge in [0.1, 0.15) is 5.00 Å². The second kappa shape index (κ2) is 5.70. The summed E-state index contributed by atoms with van der Waals surface area (Å²) in [6.07, 6.45) is 2.09. The molecule has 1 aromatic heterocycles. The highest BCUT2D eigenvalue weighted by Gasteiger charge is 2.16. The van der Waals surface area contributed by atoms with Gasteiger partial charge in [-0.3, -0.25) is 4.79 Å². The molecule has 0 radical (unpaired) electrons. The van der Waals surface area contributed by atoms with Crippen LogP contribution in [0, 0.1) is 6.92 Å². The number of hydrogen-bond acceptors (Lipinski definition) is 4. The van der Waals surface area contributed by atoms with Gasteiger partial charge in [-0.05, 0) is 24.9 Å². The van der Waals surface area contributed by atoms with Crippen molar-refractivity contribution in [3.8, 4) is 0 Å². The van der Waals surface area contributed by atoms with Gasteiger partial charge in [0, 0.05) is 13.6 Å². The molecule has 0 unspecified atom stereocenters. The van der Waals surface area contributed by atoms with Gasteiger partial charge in [-0.2, -0.15) is 4.37 Å². The summed E-state index contributed by atoms with van der Waals surface area (Å²) in [7, 11) is 1.80. The SMILES string of the molecule is CCCCNC(=O)c1c(C)nsc1NC. The lowest BCUT2D eigenvalue weighted by Gasteiger charge is -2.05. The molecule has 0 aliphatic heterocycles. The molecular weight excluding hydrogens is 210 g/mol. The minimum Gasteiger partial charge on any atom is -0.378 e. The van der Waals surface area contributed by atoms with Crippen molar-refractivity contribution in [2.75, 3.05) is 18.9 Å². The molecule has 1 rings (SSSR count). The summed E-state index contributed by atoms with van der Waals surface area (Å²) in [5.74, 6) is -0.0287. The molecule has 2 N–H and O–H groups in total. The van der Waals surface area contributed by atoms with E-state index < -0.39 is 0 Å². The van der Waals surface area contributed by atoms with E-state index in [1.54, 1.807) is 7.05 Å². The largest absolute Gasteiger partial charge is 0.378 e. The zero-order valence-corrected chi connectivity index (χ0v) is 10.2. The van der Waals surface area contributed by atoms with Crippen molar-refractivity contribution < 1.29 is 4.79 Å². The zero-order chi connectivity index (χ0) is 11.3. The quantitative estimate of drug-likeness (QED) is 0.757. The number of aromatic nitrogens is 1. The Labute approximate surface area is 94.2 Å². The number of carbonyl (C=O) groups is 1. The van der Waals surface area contributed by atoms with Crippen molar-refractivity contribution >= 4 is 22.4 Å². The Morgan fingerprint density at radius 3 is 2.87 bits per heavy atom. The van der Waals surface area contributed by atoms with Crippen LogP contribution in [0.15, 0.2) is 0 Å². The van der Waals surface area contributed by atoms with E-state index in [-0.39, 0.29) is 5.91 Å². The summed E-state index contributed by atoms with van der Waals surface area (Å²) < 4.78 is 4.16. The number of carbonyl (C=O) groups excluding carboxylic acids is 1. The van der Waals surface area contributed by atoms with Crippen LogP contribution >= 0.6 is 11.5 Å². The summed E-state index contributed by atoms with van der Waals surface area (Å²) in [5.41, 5.74) is 1.47. The number of hydrogen-bond donors (Lipinski definition) is 2. The third kappa shape index (κ3) is 2.92. The van der Waals surface area contributed by atoms with Gasteiger partial charge in [0.15, 0.2) is 0 Å². The lowest BCUT2D eigenvalue weighted by Crippen LogP contribution is -2.25. The predicted molar refractivity (Wildman–Crippen MR) is 63.6 cm³/mol. The van der Waals surface area contributed by atoms with E-state index in [9.17, 15) is 4.79 Å². The highest BCUT2D eigenvalue weighted by Crippen LogP contribution is 2.23. The normalized spacial score (nSPS) is 10.1. The predicted octanol–water partition coefficient (Wildman–Crippen LogP) is 2.02. The van der Waals surface area contributed by atoms with E-state index in [2.05, 4.69) is 21.9 Å². The summed E-state index contributed by atoms with van der Waals surface area (Å²) in [4.78, 5) is 11.8. The molecule has 0 saturated carbocycles. The van der Waals surface area contributed by atoms with Crippen LogP contribution in [0.25, 0.3) is 0 Å². The second-order valence-electron chi connectivity index (χ2n) is 3.33. The van der Waals surface area contributed by atoms with Gasteiger partial charge in [-0.15, -0.1) is 0 Å². The molecule has 0 saturated heterocycles. The maximum atomic E-state index is 11.8. The summed E-state index contributed by atoms with van der Waals surface area (Å²) >= 11 is 1.32. The third-order valence-electron chi connectivity index (χ3n) is 2.13. The van der Waals surface area contributed by atoms with Crippen LogP contribution in [0.1, 0.15) is 35.8 Å². The average molecular weight is 227 g/mol. The Balaban J connectivity index is 2.67. The maximum absolute atomic E-state index is 11.8. The van der Waals surface area contributed by atoms with Gasteiger partial charge < -0.3 is 10.6 Å². The van der Waals surface area contributed by atoms with E-state index in [1.807, 2.05) is 6.92 Å². The summed E-state index contributed by atoms with van der Waals surface area (Å²) in [6.45, 7) is 4.68. The van der Waals surface area contributed by atoms with E-state index >= 15 is 0 Å². The number of amides is 1. The van der Waals surface area contributed by atoms with Gasteiger partial charge in [-0.25, -0.2) is 0 Å². The topological polar surface area (TPSA) is 54.0 Å². The van der Waals surface area contributed by atoms with Crippen LogP contribution in [0.5, 0.6) is 0 Å². The van der Waals surface area contributed by atoms with Crippen LogP contribution in [-0.2, 0) is 0 Å². The second-order valence-corrected chi connectivity index (χ2v) is 4.10. The van der Waals surface area contributed by atoms with Crippen LogP contribution < -0.4 is 10.6 Å². The van der Waals surface area contributed by atoms with Gasteiger partial charge in [-0.1, -0.05) is 13.3 Å². The van der Waals surface area contributed by atoms with Crippen molar-refractivity contribution in [2.24, 2.45) is 0 Å². The molecule has 84 valence electrons. The van der Waals surface area contributed by atoms with E-state index in [0.717, 1.165) is 30.1 Å². The van der Waals surface area contributed by atoms with Gasteiger partial charge in [0.05, 0.1) is 11.3 Å². The molecule has 0 aromatic carbocycles. The van der Waals surface area contributed by atoms with Crippen LogP contribution in [0.3, 0.4) is 0 Å². The first kappa shape index (κ1) is 12.0. The standard InChI is InChI=1S/C10H17N3OS/c1-4-5-6-12-9(14)8-7(2)13-15-10(8)11-3/h11H,4-6H2,1-3H3,(H,12,14). The van der Waals surface area contributed by atoms with Crippen molar-refractivity contribution in [2.45, 2.75) is 26.7 Å². The van der Waals surface area contributed by atoms with E-state index in [1.165, 1.54) is 11.5 Å². The first-order valence-corrected chi connectivity index (χ1v) is 5.90. The lowest BCUT2D eigenvalue weighted by atomic mass is 10.2. The molecule has 0 fully saturated rings. The van der Waals surface area contributed by atoms with Crippen molar-refractivity contribution in [3.05, 3.63) is 11.3 Å². The van der Waals surface area contributed by atoms with Crippen LogP contribution in [0.4, 0.5) is 5.00 Å². The maximum Gasteiger partial charge on any atom is 0.256 e. The van der Waals surface area contributed by atoms with Crippen molar-refractivity contribution in [1.29, 1.82) is 0 Å². The number of aryl methyl sites for hydroxylation is 1. The number of unbranched alkanes of at least 4 members (excludes halogenated alkanes) is 1. The monoisotopic (exact) mass is 227 g/mol. The lowest BCUT2D eigenvalue weighted by molar-refractivity contribution is 0.0953. The molecule has 1 amide bonds. The smallest absolute Gasteiger partial charge is 0.256 e. The number of nitrogens with one attached hydrogen (secondary N) is 2. The Morgan fingerprint density at radius 1 is 1.53 bits per heavy atom. The number of anilines is 1. The van der Waals surface area contributed by atoms with Gasteiger partial charge >= 0.3 is 0 Å². The van der Waals surface area contributed by atoms with E-state index in [4.69, 9.17) is 0 Å². The van der Waals surface area contributed by atoms with E-state index in [0.29, 0.717) is 5.56 Å². The first-order chi connectivity index (χ1) is 7.20. The molecule has 1 heterocycles. The molecular formula is C10H17N3OS. The minimum atomic E-state index is -0.0287. The molecule has 15 heavy (non-hydrogen) atoms. The molecule has 0 spiro atoms. The average Bonchev–Trinajstić information content (AvgIpc) is 2.59. The molecule has 0 aliphatic rings. The molecule has 4 nitrogen and oxygen atoms in total. The Hall–Kier alpha value is -1.10. The van der Waals surface area contributed by atoms with Crippen LogP contribution in [0.2, 0.25) is 0 Å². The molecule has 0 atom stereocenters. The highest BCUT2D eigenvalue weighted by atomic mass is 32.1. The molecule has 1 aromatic rings. The van der Waals surface area contributed by atoms with Crippen molar-refractivity contribution in [1.82, 2.24) is 9.69 Å². The Kier molecular flexibility index (Phi) is 4.55. The van der Waals surface area contributed by atoms with Crippen LogP contribution in [-0.4, -0.2) is 23.9 Å². The molecule has 5 heteroatoms. The molecule has 0 bridgehead atoms.